The van der Waals surface area contributed by atoms with E-state index in [-0.39, 0.29) is 17.8 Å². The average molecular weight is 412 g/mol. The molecule has 0 radical (unpaired) electrons. The molecule has 0 saturated carbocycles. The summed E-state index contributed by atoms with van der Waals surface area (Å²) in [6.45, 7) is 2.09. The summed E-state index contributed by atoms with van der Waals surface area (Å²) in [6.07, 6.45) is 3.23. The van der Waals surface area contributed by atoms with Crippen LogP contribution in [0.3, 0.4) is 0 Å². The van der Waals surface area contributed by atoms with Crippen molar-refractivity contribution in [1.82, 2.24) is 19.9 Å². The van der Waals surface area contributed by atoms with Gasteiger partial charge in [-0.25, -0.2) is 15.0 Å². The second kappa shape index (κ2) is 8.39. The Balaban J connectivity index is 1.74. The van der Waals surface area contributed by atoms with E-state index in [1.165, 1.54) is 10.5 Å². The molecule has 31 heavy (non-hydrogen) atoms. The van der Waals surface area contributed by atoms with Crippen molar-refractivity contribution in [2.24, 2.45) is 0 Å². The molecular formula is C24H24N6O. The number of carbonyl (C=O) groups is 1. The molecule has 0 bridgehead atoms. The molecule has 1 unspecified atom stereocenters. The van der Waals surface area contributed by atoms with Crippen LogP contribution in [0.25, 0.3) is 22.0 Å². The number of rotatable bonds is 5. The molecule has 2 aromatic heterocycles. The summed E-state index contributed by atoms with van der Waals surface area (Å²) >= 11 is 0. The van der Waals surface area contributed by atoms with E-state index in [0.717, 1.165) is 27.8 Å². The molecule has 156 valence electrons. The summed E-state index contributed by atoms with van der Waals surface area (Å²) in [5, 5.41) is 4.37. The molecule has 1 atom stereocenters. The van der Waals surface area contributed by atoms with Crippen LogP contribution in [0.2, 0.25) is 0 Å². The van der Waals surface area contributed by atoms with Gasteiger partial charge in [0.25, 0.3) is 5.91 Å². The highest BCUT2D eigenvalue weighted by Gasteiger charge is 2.15. The van der Waals surface area contributed by atoms with Gasteiger partial charge in [0.1, 0.15) is 18.0 Å². The Morgan fingerprint density at radius 2 is 1.77 bits per heavy atom. The Kier molecular flexibility index (Phi) is 5.49. The van der Waals surface area contributed by atoms with Crippen LogP contribution in [-0.4, -0.2) is 39.9 Å². The number of hydrogen-bond donors (Lipinski definition) is 2. The van der Waals surface area contributed by atoms with Gasteiger partial charge in [-0.1, -0.05) is 36.4 Å². The quantitative estimate of drug-likeness (QED) is 0.511. The predicted octanol–water partition coefficient (Wildman–Crippen LogP) is 4.15. The van der Waals surface area contributed by atoms with Crippen molar-refractivity contribution in [2.75, 3.05) is 25.1 Å². The molecule has 2 heterocycles. The van der Waals surface area contributed by atoms with Crippen LogP contribution < -0.4 is 11.1 Å². The zero-order chi connectivity index (χ0) is 22.0. The number of amides is 1. The fourth-order valence-electron chi connectivity index (χ4n) is 3.43. The largest absolute Gasteiger partial charge is 0.383 e. The summed E-state index contributed by atoms with van der Waals surface area (Å²) in [7, 11) is 3.38. The summed E-state index contributed by atoms with van der Waals surface area (Å²) in [6, 6.07) is 17.9. The van der Waals surface area contributed by atoms with Gasteiger partial charge in [-0.3, -0.25) is 4.79 Å². The minimum atomic E-state index is -0.185. The van der Waals surface area contributed by atoms with E-state index in [4.69, 9.17) is 5.73 Å². The van der Waals surface area contributed by atoms with Crippen LogP contribution in [0.4, 0.5) is 11.6 Å². The van der Waals surface area contributed by atoms with E-state index in [0.29, 0.717) is 5.56 Å². The lowest BCUT2D eigenvalue weighted by atomic mass is 10.0. The topological polar surface area (TPSA) is 97.0 Å². The maximum absolute atomic E-state index is 12.4. The number of pyridine rings is 1. The van der Waals surface area contributed by atoms with Gasteiger partial charge in [-0.2, -0.15) is 0 Å². The standard InChI is InChI=1S/C24H24N6O/c1-15(16-7-5-4-6-8-16)29-23-19-11-17(9-10-21(19)27-14-28-23)18-12-20(22(25)26-13-18)24(31)30(2)3/h4-15H,1-3H3,(H2,25,26)(H,27,28,29). The fourth-order valence-corrected chi connectivity index (χ4v) is 3.43. The molecular weight excluding hydrogens is 388 g/mol. The number of nitrogens with zero attached hydrogens (tertiary/aromatic N) is 4. The number of aromatic nitrogens is 3. The molecule has 7 nitrogen and oxygen atoms in total. The van der Waals surface area contributed by atoms with Crippen molar-refractivity contribution in [3.8, 4) is 11.1 Å². The minimum absolute atomic E-state index is 0.0745. The number of hydrogen-bond acceptors (Lipinski definition) is 6. The monoisotopic (exact) mass is 412 g/mol. The molecule has 1 amide bonds. The van der Waals surface area contributed by atoms with Crippen LogP contribution in [0, 0.1) is 0 Å². The molecule has 0 fully saturated rings. The van der Waals surface area contributed by atoms with E-state index in [2.05, 4.69) is 39.3 Å². The van der Waals surface area contributed by atoms with Gasteiger partial charge in [0.15, 0.2) is 0 Å². The van der Waals surface area contributed by atoms with Crippen molar-refractivity contribution in [3.05, 3.63) is 78.2 Å². The minimum Gasteiger partial charge on any atom is -0.383 e. The molecule has 2 aromatic carbocycles. The van der Waals surface area contributed by atoms with Crippen molar-refractivity contribution < 1.29 is 4.79 Å². The van der Waals surface area contributed by atoms with Gasteiger partial charge >= 0.3 is 0 Å². The fraction of sp³-hybridized carbons (Fsp3) is 0.167. The number of nitrogen functional groups attached to an aromatic ring is 1. The van der Waals surface area contributed by atoms with Crippen LogP contribution in [0.1, 0.15) is 28.9 Å². The van der Waals surface area contributed by atoms with Crippen molar-refractivity contribution in [3.63, 3.8) is 0 Å². The molecule has 0 saturated heterocycles. The maximum atomic E-state index is 12.4. The lowest BCUT2D eigenvalue weighted by Gasteiger charge is -2.17. The summed E-state index contributed by atoms with van der Waals surface area (Å²) in [4.78, 5) is 27.0. The zero-order valence-corrected chi connectivity index (χ0v) is 17.7. The van der Waals surface area contributed by atoms with Gasteiger partial charge in [-0.05, 0) is 36.2 Å². The Morgan fingerprint density at radius 3 is 2.52 bits per heavy atom. The molecule has 0 spiro atoms. The summed E-state index contributed by atoms with van der Waals surface area (Å²) in [5.41, 5.74) is 10.0. The average Bonchev–Trinajstić information content (AvgIpc) is 2.79. The highest BCUT2D eigenvalue weighted by atomic mass is 16.2. The third-order valence-corrected chi connectivity index (χ3v) is 5.18. The maximum Gasteiger partial charge on any atom is 0.257 e. The first-order valence-electron chi connectivity index (χ1n) is 9.98. The third-order valence-electron chi connectivity index (χ3n) is 5.18. The smallest absolute Gasteiger partial charge is 0.257 e. The summed E-state index contributed by atoms with van der Waals surface area (Å²) < 4.78 is 0. The number of anilines is 2. The van der Waals surface area contributed by atoms with Crippen LogP contribution in [0.15, 0.2) is 67.1 Å². The molecule has 0 aliphatic heterocycles. The van der Waals surface area contributed by atoms with E-state index in [9.17, 15) is 4.79 Å². The molecule has 0 aliphatic rings. The third kappa shape index (κ3) is 4.16. The number of carbonyl (C=O) groups excluding carboxylic acids is 1. The predicted molar refractivity (Wildman–Crippen MR) is 124 cm³/mol. The number of benzene rings is 2. The lowest BCUT2D eigenvalue weighted by Crippen LogP contribution is -2.23. The molecule has 3 N–H and O–H groups in total. The second-order valence-electron chi connectivity index (χ2n) is 7.59. The Morgan fingerprint density at radius 1 is 1.00 bits per heavy atom. The molecule has 0 aliphatic carbocycles. The van der Waals surface area contributed by atoms with Gasteiger partial charge in [0.2, 0.25) is 0 Å². The lowest BCUT2D eigenvalue weighted by molar-refractivity contribution is 0.0828. The molecule has 7 heteroatoms. The van der Waals surface area contributed by atoms with E-state index >= 15 is 0 Å². The number of nitrogens with one attached hydrogen (secondary N) is 1. The number of fused-ring (bicyclic) bond motifs is 1. The highest BCUT2D eigenvalue weighted by molar-refractivity contribution is 5.99. The van der Waals surface area contributed by atoms with Crippen molar-refractivity contribution in [1.29, 1.82) is 0 Å². The second-order valence-corrected chi connectivity index (χ2v) is 7.59. The summed E-state index contributed by atoms with van der Waals surface area (Å²) in [5.74, 6) is 0.775. The van der Waals surface area contributed by atoms with Crippen LogP contribution in [-0.2, 0) is 0 Å². The van der Waals surface area contributed by atoms with Gasteiger partial charge < -0.3 is 16.0 Å². The van der Waals surface area contributed by atoms with Crippen molar-refractivity contribution >= 4 is 28.4 Å². The van der Waals surface area contributed by atoms with E-state index < -0.39 is 0 Å². The number of nitrogens with two attached hydrogens (primary N) is 1. The first kappa shape index (κ1) is 20.3. The van der Waals surface area contributed by atoms with E-state index in [1.54, 1.807) is 32.7 Å². The first-order valence-corrected chi connectivity index (χ1v) is 9.98. The SMILES string of the molecule is CC(Nc1ncnc2ccc(-c3cnc(N)c(C(=O)N(C)C)c3)cc12)c1ccccc1. The van der Waals surface area contributed by atoms with Gasteiger partial charge in [0, 0.05) is 37.3 Å². The van der Waals surface area contributed by atoms with Crippen LogP contribution in [0.5, 0.6) is 0 Å². The Hall–Kier alpha value is -4.00. The highest BCUT2D eigenvalue weighted by Crippen LogP contribution is 2.30. The Bertz CT molecular complexity index is 1240. The van der Waals surface area contributed by atoms with Gasteiger partial charge in [-0.15, -0.1) is 0 Å². The zero-order valence-electron chi connectivity index (χ0n) is 17.7. The normalized spacial score (nSPS) is 11.8. The molecule has 4 aromatic rings. The first-order chi connectivity index (χ1) is 14.9. The van der Waals surface area contributed by atoms with Crippen LogP contribution >= 0.6 is 0 Å². The van der Waals surface area contributed by atoms with E-state index in [1.807, 2.05) is 36.4 Å². The Labute approximate surface area is 181 Å². The van der Waals surface area contributed by atoms with Gasteiger partial charge in [0.05, 0.1) is 11.1 Å². The van der Waals surface area contributed by atoms with Crippen molar-refractivity contribution in [2.45, 2.75) is 13.0 Å². The molecule has 4 rings (SSSR count).